The highest BCUT2D eigenvalue weighted by Gasteiger charge is 2.08. The Labute approximate surface area is 121 Å². The molecule has 98 valence electrons. The molecule has 0 aliphatic rings. The molecule has 0 bridgehead atoms. The lowest BCUT2D eigenvalue weighted by molar-refractivity contribution is 1.16. The van der Waals surface area contributed by atoms with Crippen LogP contribution in [0.3, 0.4) is 0 Å². The molecule has 3 nitrogen and oxygen atoms in total. The number of nitrogens with one attached hydrogen (secondary N) is 1. The van der Waals surface area contributed by atoms with Gasteiger partial charge >= 0.3 is 0 Å². The lowest BCUT2D eigenvalue weighted by Crippen LogP contribution is -2.00. The Bertz CT molecular complexity index is 599. The van der Waals surface area contributed by atoms with Crippen molar-refractivity contribution in [2.45, 2.75) is 25.3 Å². The number of thiazole rings is 1. The number of aryl methyl sites for hydroxylation is 1. The first-order valence-electron chi connectivity index (χ1n) is 6.05. The fourth-order valence-electron chi connectivity index (χ4n) is 1.74. The van der Waals surface area contributed by atoms with Crippen molar-refractivity contribution in [3.63, 3.8) is 0 Å². The van der Waals surface area contributed by atoms with Crippen molar-refractivity contribution < 1.29 is 0 Å². The molecule has 2 rings (SSSR count). The van der Waals surface area contributed by atoms with E-state index in [-0.39, 0.29) is 0 Å². The number of nitrogens with zero attached hydrogens (tertiary/aromatic N) is 2. The molecule has 19 heavy (non-hydrogen) atoms. The van der Waals surface area contributed by atoms with Gasteiger partial charge in [-0.3, -0.25) is 0 Å². The van der Waals surface area contributed by atoms with Crippen molar-refractivity contribution in [3.8, 4) is 6.07 Å². The van der Waals surface area contributed by atoms with Gasteiger partial charge in [-0.1, -0.05) is 13.0 Å². The maximum atomic E-state index is 9.31. The van der Waals surface area contributed by atoms with Crippen LogP contribution in [0.25, 0.3) is 0 Å². The molecule has 0 aliphatic heterocycles. The lowest BCUT2D eigenvalue weighted by Gasteiger charge is -2.10. The van der Waals surface area contributed by atoms with Gasteiger partial charge in [0, 0.05) is 16.0 Å². The summed E-state index contributed by atoms with van der Waals surface area (Å²) in [7, 11) is 0. The summed E-state index contributed by atoms with van der Waals surface area (Å²) >= 11 is 3.37. The number of hydrogen-bond donors (Lipinski definition) is 1. The van der Waals surface area contributed by atoms with E-state index < -0.39 is 0 Å². The number of benzene rings is 1. The Morgan fingerprint density at radius 2 is 2.32 bits per heavy atom. The Morgan fingerprint density at radius 1 is 1.47 bits per heavy atom. The number of thioether (sulfide) groups is 1. The average molecular weight is 289 g/mol. The molecular weight excluding hydrogens is 274 g/mol. The quantitative estimate of drug-likeness (QED) is 0.844. The van der Waals surface area contributed by atoms with E-state index in [1.54, 1.807) is 23.1 Å². The molecule has 0 unspecified atom stereocenters. The second-order valence-electron chi connectivity index (χ2n) is 3.92. The number of aromatic nitrogens is 1. The third-order valence-electron chi connectivity index (χ3n) is 2.56. The second kappa shape index (κ2) is 6.60. The maximum Gasteiger partial charge on any atom is 0.102 e. The SMILES string of the molecule is CCSc1cccc(NCc2cnc(C)s2)c1C#N. The molecule has 0 saturated heterocycles. The van der Waals surface area contributed by atoms with Crippen LogP contribution in [0.15, 0.2) is 29.3 Å². The zero-order chi connectivity index (χ0) is 13.7. The maximum absolute atomic E-state index is 9.31. The molecule has 0 saturated carbocycles. The summed E-state index contributed by atoms with van der Waals surface area (Å²) in [6.45, 7) is 4.79. The Balaban J connectivity index is 2.16. The minimum absolute atomic E-state index is 0.709. The van der Waals surface area contributed by atoms with Crippen molar-refractivity contribution in [1.82, 2.24) is 4.98 Å². The standard InChI is InChI=1S/C14H15N3S2/c1-3-18-14-6-4-5-13(12(14)7-15)17-9-11-8-16-10(2)19-11/h4-6,8,17H,3,9H2,1-2H3. The number of hydrogen-bond acceptors (Lipinski definition) is 5. The molecule has 1 aromatic heterocycles. The summed E-state index contributed by atoms with van der Waals surface area (Å²) in [6.07, 6.45) is 1.88. The molecule has 0 spiro atoms. The van der Waals surface area contributed by atoms with Crippen LogP contribution in [0.1, 0.15) is 22.4 Å². The molecule has 5 heteroatoms. The summed E-state index contributed by atoms with van der Waals surface area (Å²) in [5.74, 6) is 0.964. The smallest absolute Gasteiger partial charge is 0.102 e. The highest BCUT2D eigenvalue weighted by atomic mass is 32.2. The first kappa shape index (κ1) is 13.9. The molecule has 0 aliphatic carbocycles. The van der Waals surface area contributed by atoms with Crippen molar-refractivity contribution in [2.75, 3.05) is 11.1 Å². The monoisotopic (exact) mass is 289 g/mol. The molecule has 1 N–H and O–H groups in total. The molecule has 2 aromatic rings. The van der Waals surface area contributed by atoms with E-state index in [0.29, 0.717) is 6.54 Å². The topological polar surface area (TPSA) is 48.7 Å². The fourth-order valence-corrected chi connectivity index (χ4v) is 3.26. The highest BCUT2D eigenvalue weighted by molar-refractivity contribution is 7.99. The van der Waals surface area contributed by atoms with Crippen LogP contribution < -0.4 is 5.32 Å². The Hall–Kier alpha value is -1.51. The first-order valence-corrected chi connectivity index (χ1v) is 7.86. The Morgan fingerprint density at radius 3 is 2.95 bits per heavy atom. The number of nitriles is 1. The molecule has 0 amide bonds. The summed E-state index contributed by atoms with van der Waals surface area (Å²) in [5.41, 5.74) is 1.63. The Kier molecular flexibility index (Phi) is 4.83. The van der Waals surface area contributed by atoms with Gasteiger partial charge in [-0.05, 0) is 24.8 Å². The normalized spacial score (nSPS) is 10.2. The van der Waals surface area contributed by atoms with Gasteiger partial charge in [-0.2, -0.15) is 5.26 Å². The van der Waals surface area contributed by atoms with Crippen molar-refractivity contribution in [2.24, 2.45) is 0 Å². The van der Waals surface area contributed by atoms with Gasteiger partial charge in [-0.15, -0.1) is 23.1 Å². The van der Waals surface area contributed by atoms with Crippen LogP contribution in [0.4, 0.5) is 5.69 Å². The number of anilines is 1. The van der Waals surface area contributed by atoms with Crippen LogP contribution >= 0.6 is 23.1 Å². The predicted molar refractivity (Wildman–Crippen MR) is 81.7 cm³/mol. The van der Waals surface area contributed by atoms with E-state index in [2.05, 4.69) is 23.3 Å². The zero-order valence-corrected chi connectivity index (χ0v) is 12.6. The van der Waals surface area contributed by atoms with Gasteiger partial charge in [0.1, 0.15) is 6.07 Å². The van der Waals surface area contributed by atoms with E-state index >= 15 is 0 Å². The van der Waals surface area contributed by atoms with Crippen molar-refractivity contribution in [1.29, 1.82) is 5.26 Å². The van der Waals surface area contributed by atoms with E-state index in [0.717, 1.165) is 26.9 Å². The molecule has 1 heterocycles. The first-order chi connectivity index (χ1) is 9.24. The predicted octanol–water partition coefficient (Wildman–Crippen LogP) is 4.05. The highest BCUT2D eigenvalue weighted by Crippen LogP contribution is 2.28. The molecule has 0 radical (unpaired) electrons. The summed E-state index contributed by atoms with van der Waals surface area (Å²) in [4.78, 5) is 6.44. The minimum Gasteiger partial charge on any atom is -0.379 e. The largest absolute Gasteiger partial charge is 0.379 e. The molecule has 1 aromatic carbocycles. The summed E-state index contributed by atoms with van der Waals surface area (Å²) in [6, 6.07) is 8.23. The lowest BCUT2D eigenvalue weighted by atomic mass is 10.2. The third-order valence-corrected chi connectivity index (χ3v) is 4.41. The molecule has 0 fully saturated rings. The van der Waals surface area contributed by atoms with E-state index in [9.17, 15) is 5.26 Å². The third kappa shape index (κ3) is 3.49. The summed E-state index contributed by atoms with van der Waals surface area (Å²) < 4.78 is 0. The van der Waals surface area contributed by atoms with Crippen molar-refractivity contribution in [3.05, 3.63) is 39.8 Å². The van der Waals surface area contributed by atoms with Gasteiger partial charge in [0.05, 0.1) is 22.8 Å². The van der Waals surface area contributed by atoms with E-state index in [1.807, 2.05) is 31.3 Å². The molecular formula is C14H15N3S2. The van der Waals surface area contributed by atoms with Crippen LogP contribution in [0, 0.1) is 18.3 Å². The fraction of sp³-hybridized carbons (Fsp3) is 0.286. The van der Waals surface area contributed by atoms with Crippen LogP contribution in [-0.2, 0) is 6.54 Å². The van der Waals surface area contributed by atoms with E-state index in [4.69, 9.17) is 0 Å². The van der Waals surface area contributed by atoms with Gasteiger partial charge in [0.15, 0.2) is 0 Å². The minimum atomic E-state index is 0.709. The van der Waals surface area contributed by atoms with Gasteiger partial charge in [-0.25, -0.2) is 4.98 Å². The zero-order valence-electron chi connectivity index (χ0n) is 10.9. The van der Waals surface area contributed by atoms with E-state index in [1.165, 1.54) is 4.88 Å². The van der Waals surface area contributed by atoms with Gasteiger partial charge < -0.3 is 5.32 Å². The van der Waals surface area contributed by atoms with Crippen LogP contribution in [0.2, 0.25) is 0 Å². The van der Waals surface area contributed by atoms with Gasteiger partial charge in [0.25, 0.3) is 0 Å². The number of rotatable bonds is 5. The molecule has 0 atom stereocenters. The van der Waals surface area contributed by atoms with Crippen molar-refractivity contribution >= 4 is 28.8 Å². The second-order valence-corrected chi connectivity index (χ2v) is 6.55. The van der Waals surface area contributed by atoms with Gasteiger partial charge in [0.2, 0.25) is 0 Å². The van der Waals surface area contributed by atoms with Crippen LogP contribution in [-0.4, -0.2) is 10.7 Å². The summed E-state index contributed by atoms with van der Waals surface area (Å²) in [5, 5.41) is 13.7. The van der Waals surface area contributed by atoms with Crippen LogP contribution in [0.5, 0.6) is 0 Å². The average Bonchev–Trinajstić information content (AvgIpc) is 2.83.